The molecular weight excluding hydrogens is 252 g/mol. The first kappa shape index (κ1) is 13.1. The fourth-order valence-electron chi connectivity index (χ4n) is 2.63. The third-order valence-corrected chi connectivity index (χ3v) is 3.99. The average molecular weight is 272 g/mol. The lowest BCUT2D eigenvalue weighted by molar-refractivity contribution is 0.0989. The van der Waals surface area contributed by atoms with Crippen molar-refractivity contribution in [1.29, 1.82) is 0 Å². The van der Waals surface area contributed by atoms with Crippen molar-refractivity contribution in [2.75, 3.05) is 38.1 Å². The molecule has 3 rings (SSSR count). The molecule has 0 radical (unpaired) electrons. The third kappa shape index (κ3) is 2.29. The van der Waals surface area contributed by atoms with E-state index in [1.807, 2.05) is 23.7 Å². The Bertz CT molecular complexity index is 626. The molecule has 3 heterocycles. The van der Waals surface area contributed by atoms with Crippen LogP contribution < -0.4 is 4.90 Å². The number of piperazine rings is 1. The highest BCUT2D eigenvalue weighted by Crippen LogP contribution is 2.20. The van der Waals surface area contributed by atoms with Crippen LogP contribution in [0.5, 0.6) is 0 Å². The second-order valence-electron chi connectivity index (χ2n) is 5.34. The van der Waals surface area contributed by atoms with Gasteiger partial charge in [-0.1, -0.05) is 6.92 Å². The van der Waals surface area contributed by atoms with Crippen LogP contribution in [0.1, 0.15) is 23.7 Å². The summed E-state index contributed by atoms with van der Waals surface area (Å²) in [4.78, 5) is 16.5. The van der Waals surface area contributed by atoms with E-state index in [-0.39, 0.29) is 5.78 Å². The minimum atomic E-state index is 0.146. The summed E-state index contributed by atoms with van der Waals surface area (Å²) >= 11 is 0. The molecule has 0 bridgehead atoms. The number of hydrogen-bond donors (Lipinski definition) is 0. The summed E-state index contributed by atoms with van der Waals surface area (Å²) in [5.74, 6) is 0.146. The van der Waals surface area contributed by atoms with Crippen LogP contribution in [0.25, 0.3) is 5.52 Å². The Morgan fingerprint density at radius 3 is 2.70 bits per heavy atom. The number of carbonyl (C=O) groups excluding carboxylic acids is 1. The smallest absolute Gasteiger partial charge is 0.166 e. The zero-order chi connectivity index (χ0) is 14.1. The van der Waals surface area contributed by atoms with E-state index in [2.05, 4.69) is 28.0 Å². The van der Waals surface area contributed by atoms with Gasteiger partial charge in [-0.05, 0) is 19.2 Å². The van der Waals surface area contributed by atoms with Crippen LogP contribution in [0.3, 0.4) is 0 Å². The molecule has 0 unspecified atom stereocenters. The van der Waals surface area contributed by atoms with E-state index < -0.39 is 0 Å². The molecule has 0 saturated carbocycles. The lowest BCUT2D eigenvalue weighted by Crippen LogP contribution is -2.44. The van der Waals surface area contributed by atoms with Gasteiger partial charge in [0, 0.05) is 32.6 Å². The van der Waals surface area contributed by atoms with Gasteiger partial charge in [-0.15, -0.1) is 0 Å². The molecule has 106 valence electrons. The Morgan fingerprint density at radius 2 is 2.00 bits per heavy atom. The van der Waals surface area contributed by atoms with Gasteiger partial charge in [-0.3, -0.25) is 4.79 Å². The summed E-state index contributed by atoms with van der Waals surface area (Å²) in [6.45, 7) is 6.10. The van der Waals surface area contributed by atoms with E-state index in [0.29, 0.717) is 6.42 Å². The molecule has 1 aliphatic heterocycles. The SMILES string of the molecule is CCC(=O)c1cnn2cc(N3CCN(C)CC3)ccc12. The average Bonchev–Trinajstić information content (AvgIpc) is 2.90. The zero-order valence-electron chi connectivity index (χ0n) is 12.0. The molecule has 0 amide bonds. The van der Waals surface area contributed by atoms with Crippen LogP contribution in [0.4, 0.5) is 5.69 Å². The number of carbonyl (C=O) groups is 1. The number of likely N-dealkylation sites (N-methyl/N-ethyl adjacent to an activating group) is 1. The van der Waals surface area contributed by atoms with E-state index in [9.17, 15) is 4.79 Å². The topological polar surface area (TPSA) is 40.9 Å². The predicted octanol–water partition coefficient (Wildman–Crippen LogP) is 1.68. The number of fused-ring (bicyclic) bond motifs is 1. The molecule has 1 aliphatic rings. The summed E-state index contributed by atoms with van der Waals surface area (Å²) < 4.78 is 1.82. The second-order valence-corrected chi connectivity index (χ2v) is 5.34. The van der Waals surface area contributed by atoms with Crippen LogP contribution in [0.15, 0.2) is 24.5 Å². The largest absolute Gasteiger partial charge is 0.368 e. The third-order valence-electron chi connectivity index (χ3n) is 3.99. The maximum absolute atomic E-state index is 11.8. The zero-order valence-corrected chi connectivity index (χ0v) is 12.0. The number of pyridine rings is 1. The molecule has 5 nitrogen and oxygen atoms in total. The summed E-state index contributed by atoms with van der Waals surface area (Å²) in [5, 5.41) is 4.32. The van der Waals surface area contributed by atoms with Crippen LogP contribution in [-0.4, -0.2) is 53.5 Å². The highest BCUT2D eigenvalue weighted by Gasteiger charge is 2.16. The van der Waals surface area contributed by atoms with Crippen LogP contribution in [0.2, 0.25) is 0 Å². The van der Waals surface area contributed by atoms with Crippen molar-refractivity contribution in [2.24, 2.45) is 0 Å². The molecule has 1 saturated heterocycles. The molecule has 0 aromatic carbocycles. The molecule has 0 N–H and O–H groups in total. The maximum Gasteiger partial charge on any atom is 0.166 e. The molecule has 2 aromatic rings. The molecule has 5 heteroatoms. The number of aromatic nitrogens is 2. The van der Waals surface area contributed by atoms with Crippen molar-refractivity contribution >= 4 is 17.0 Å². The van der Waals surface area contributed by atoms with Crippen LogP contribution in [-0.2, 0) is 0 Å². The van der Waals surface area contributed by atoms with Crippen molar-refractivity contribution in [3.8, 4) is 0 Å². The summed E-state index contributed by atoms with van der Waals surface area (Å²) in [6.07, 6.45) is 4.21. The van der Waals surface area contributed by atoms with Gasteiger partial charge in [0.05, 0.1) is 29.2 Å². The number of rotatable bonds is 3. The van der Waals surface area contributed by atoms with Gasteiger partial charge in [0.2, 0.25) is 0 Å². The van der Waals surface area contributed by atoms with Crippen LogP contribution >= 0.6 is 0 Å². The first-order valence-electron chi connectivity index (χ1n) is 7.13. The van der Waals surface area contributed by atoms with E-state index >= 15 is 0 Å². The van der Waals surface area contributed by atoms with Crippen molar-refractivity contribution in [1.82, 2.24) is 14.5 Å². The first-order valence-corrected chi connectivity index (χ1v) is 7.13. The van der Waals surface area contributed by atoms with E-state index in [0.717, 1.165) is 37.3 Å². The van der Waals surface area contributed by atoms with Gasteiger partial charge in [0.1, 0.15) is 0 Å². The summed E-state index contributed by atoms with van der Waals surface area (Å²) in [6, 6.07) is 4.10. The molecular formula is C15H20N4O. The van der Waals surface area contributed by atoms with Gasteiger partial charge >= 0.3 is 0 Å². The standard InChI is InChI=1S/C15H20N4O/c1-3-15(20)13-10-16-19-11-12(4-5-14(13)19)18-8-6-17(2)7-9-18/h4-5,10-11H,3,6-9H2,1-2H3. The van der Waals surface area contributed by atoms with Crippen molar-refractivity contribution in [2.45, 2.75) is 13.3 Å². The lowest BCUT2D eigenvalue weighted by Gasteiger charge is -2.33. The fourth-order valence-corrected chi connectivity index (χ4v) is 2.63. The van der Waals surface area contributed by atoms with Crippen molar-refractivity contribution in [3.05, 3.63) is 30.1 Å². The molecule has 0 spiro atoms. The molecule has 0 atom stereocenters. The van der Waals surface area contributed by atoms with E-state index in [4.69, 9.17) is 0 Å². The first-order chi connectivity index (χ1) is 9.69. The number of Topliss-reactive ketones (excluding diaryl/α,β-unsaturated/α-hetero) is 1. The van der Waals surface area contributed by atoms with Crippen LogP contribution in [0, 0.1) is 0 Å². The highest BCUT2D eigenvalue weighted by atomic mass is 16.1. The summed E-state index contributed by atoms with van der Waals surface area (Å²) in [5.41, 5.74) is 2.79. The normalized spacial score (nSPS) is 16.8. The van der Waals surface area contributed by atoms with Gasteiger partial charge in [0.25, 0.3) is 0 Å². The number of nitrogens with zero attached hydrogens (tertiary/aromatic N) is 4. The van der Waals surface area contributed by atoms with Gasteiger partial charge < -0.3 is 9.80 Å². The quantitative estimate of drug-likeness (QED) is 0.797. The molecule has 20 heavy (non-hydrogen) atoms. The summed E-state index contributed by atoms with van der Waals surface area (Å²) in [7, 11) is 2.15. The molecule has 1 fully saturated rings. The molecule has 0 aliphatic carbocycles. The van der Waals surface area contributed by atoms with Gasteiger partial charge in [0.15, 0.2) is 5.78 Å². The fraction of sp³-hybridized carbons (Fsp3) is 0.467. The molecule has 2 aromatic heterocycles. The Morgan fingerprint density at radius 1 is 1.25 bits per heavy atom. The van der Waals surface area contributed by atoms with Gasteiger partial charge in [-0.25, -0.2) is 4.52 Å². The number of hydrogen-bond acceptors (Lipinski definition) is 4. The number of ketones is 1. The Balaban J connectivity index is 1.90. The van der Waals surface area contributed by atoms with E-state index in [1.165, 1.54) is 5.69 Å². The Kier molecular flexibility index (Phi) is 3.44. The Labute approximate surface area is 118 Å². The highest BCUT2D eigenvalue weighted by molar-refractivity contribution is 6.02. The monoisotopic (exact) mass is 272 g/mol. The second kappa shape index (κ2) is 5.25. The number of anilines is 1. The van der Waals surface area contributed by atoms with Crippen molar-refractivity contribution in [3.63, 3.8) is 0 Å². The van der Waals surface area contributed by atoms with Gasteiger partial charge in [-0.2, -0.15) is 5.10 Å². The van der Waals surface area contributed by atoms with Crippen molar-refractivity contribution < 1.29 is 4.79 Å². The minimum absolute atomic E-state index is 0.146. The van der Waals surface area contributed by atoms with E-state index in [1.54, 1.807) is 6.20 Å². The Hall–Kier alpha value is -1.88. The minimum Gasteiger partial charge on any atom is -0.368 e. The lowest BCUT2D eigenvalue weighted by atomic mass is 10.1. The maximum atomic E-state index is 11.8. The predicted molar refractivity (Wildman–Crippen MR) is 79.5 cm³/mol.